The molecule has 0 radical (unpaired) electrons. The van der Waals surface area contributed by atoms with Crippen LogP contribution in [0.5, 0.6) is 0 Å². The van der Waals surface area contributed by atoms with E-state index in [9.17, 15) is 0 Å². The fourth-order valence-corrected chi connectivity index (χ4v) is 3.78. The maximum absolute atomic E-state index is 5.45. The van der Waals surface area contributed by atoms with Gasteiger partial charge in [-0.05, 0) is 31.7 Å². The lowest BCUT2D eigenvalue weighted by atomic mass is 10.0. The number of thiazole rings is 1. The number of nitrogens with one attached hydrogen (secondary N) is 1. The van der Waals surface area contributed by atoms with Gasteiger partial charge in [0, 0.05) is 38.2 Å². The number of hydrogen-bond acceptors (Lipinski definition) is 5. The Morgan fingerprint density at radius 2 is 2.10 bits per heavy atom. The van der Waals surface area contributed by atoms with Crippen LogP contribution in [0, 0.1) is 5.92 Å². The number of hydrogen-bond donors (Lipinski definition) is 1. The molecule has 1 aliphatic heterocycles. The lowest BCUT2D eigenvalue weighted by Crippen LogP contribution is -2.29. The standard InChI is InChI=1S/C16H29N3OS/c1-4-6-14-15(11-17-5-2)21-16(18-14)19(3)12-13-7-9-20-10-8-13/h13,17H,4-12H2,1-3H3. The van der Waals surface area contributed by atoms with Gasteiger partial charge in [-0.15, -0.1) is 11.3 Å². The Bertz CT molecular complexity index is 416. The van der Waals surface area contributed by atoms with E-state index in [1.165, 1.54) is 28.5 Å². The smallest absolute Gasteiger partial charge is 0.185 e. The fourth-order valence-electron chi connectivity index (χ4n) is 2.74. The third kappa shape index (κ3) is 4.94. The van der Waals surface area contributed by atoms with Gasteiger partial charge in [0.05, 0.1) is 5.69 Å². The van der Waals surface area contributed by atoms with Crippen molar-refractivity contribution in [3.05, 3.63) is 10.6 Å². The van der Waals surface area contributed by atoms with E-state index < -0.39 is 0 Å². The molecular weight excluding hydrogens is 282 g/mol. The number of aryl methyl sites for hydroxylation is 1. The van der Waals surface area contributed by atoms with Crippen LogP contribution in [-0.2, 0) is 17.7 Å². The van der Waals surface area contributed by atoms with E-state index in [0.29, 0.717) is 0 Å². The molecule has 0 saturated carbocycles. The third-order valence-electron chi connectivity index (χ3n) is 3.99. The van der Waals surface area contributed by atoms with Crippen molar-refractivity contribution in [3.8, 4) is 0 Å². The van der Waals surface area contributed by atoms with E-state index in [0.717, 1.165) is 51.6 Å². The van der Waals surface area contributed by atoms with E-state index in [4.69, 9.17) is 9.72 Å². The predicted octanol–water partition coefficient (Wildman–Crippen LogP) is 3.07. The van der Waals surface area contributed by atoms with Crippen molar-refractivity contribution < 1.29 is 4.74 Å². The monoisotopic (exact) mass is 311 g/mol. The Morgan fingerprint density at radius 3 is 2.76 bits per heavy atom. The first-order valence-corrected chi connectivity index (χ1v) is 9.04. The molecular formula is C16H29N3OS. The minimum Gasteiger partial charge on any atom is -0.381 e. The first-order valence-electron chi connectivity index (χ1n) is 8.22. The molecule has 0 spiro atoms. The molecule has 0 aromatic carbocycles. The molecule has 0 amide bonds. The van der Waals surface area contributed by atoms with Crippen molar-refractivity contribution in [3.63, 3.8) is 0 Å². The van der Waals surface area contributed by atoms with Gasteiger partial charge in [0.25, 0.3) is 0 Å². The number of nitrogens with zero attached hydrogens (tertiary/aromatic N) is 2. The SMILES string of the molecule is CCCc1nc(N(C)CC2CCOCC2)sc1CNCC. The van der Waals surface area contributed by atoms with Gasteiger partial charge < -0.3 is 15.0 Å². The molecule has 1 aromatic heterocycles. The van der Waals surface area contributed by atoms with Gasteiger partial charge in [0.2, 0.25) is 0 Å². The average Bonchev–Trinajstić information content (AvgIpc) is 2.90. The van der Waals surface area contributed by atoms with Gasteiger partial charge in [0.1, 0.15) is 0 Å². The molecule has 5 heteroatoms. The quantitative estimate of drug-likeness (QED) is 0.800. The highest BCUT2D eigenvalue weighted by Crippen LogP contribution is 2.28. The largest absolute Gasteiger partial charge is 0.381 e. The summed E-state index contributed by atoms with van der Waals surface area (Å²) in [7, 11) is 2.18. The second-order valence-electron chi connectivity index (χ2n) is 5.83. The molecule has 1 fully saturated rings. The molecule has 4 nitrogen and oxygen atoms in total. The second kappa shape index (κ2) is 8.71. The Morgan fingerprint density at radius 1 is 1.33 bits per heavy atom. The molecule has 2 heterocycles. The zero-order chi connectivity index (χ0) is 15.1. The lowest BCUT2D eigenvalue weighted by molar-refractivity contribution is 0.0685. The number of anilines is 1. The van der Waals surface area contributed by atoms with Gasteiger partial charge in [0.15, 0.2) is 5.13 Å². The van der Waals surface area contributed by atoms with Crippen LogP contribution in [0.15, 0.2) is 0 Å². The number of ether oxygens (including phenoxy) is 1. The minimum atomic E-state index is 0.750. The average molecular weight is 311 g/mol. The van der Waals surface area contributed by atoms with Gasteiger partial charge >= 0.3 is 0 Å². The minimum absolute atomic E-state index is 0.750. The Balaban J connectivity index is 1.99. The van der Waals surface area contributed by atoms with E-state index >= 15 is 0 Å². The van der Waals surface area contributed by atoms with E-state index in [1.807, 2.05) is 11.3 Å². The van der Waals surface area contributed by atoms with E-state index in [1.54, 1.807) is 0 Å². The predicted molar refractivity (Wildman–Crippen MR) is 90.3 cm³/mol. The summed E-state index contributed by atoms with van der Waals surface area (Å²) in [6, 6.07) is 0. The Kier molecular flexibility index (Phi) is 6.93. The Hall–Kier alpha value is -0.650. The van der Waals surface area contributed by atoms with Crippen LogP contribution in [0.3, 0.4) is 0 Å². The van der Waals surface area contributed by atoms with Crippen LogP contribution in [0.2, 0.25) is 0 Å². The first-order chi connectivity index (χ1) is 10.2. The maximum Gasteiger partial charge on any atom is 0.185 e. The highest BCUT2D eigenvalue weighted by Gasteiger charge is 2.19. The molecule has 21 heavy (non-hydrogen) atoms. The number of rotatable bonds is 8. The summed E-state index contributed by atoms with van der Waals surface area (Å²) in [5, 5.41) is 4.61. The molecule has 0 bridgehead atoms. The van der Waals surface area contributed by atoms with Crippen LogP contribution < -0.4 is 10.2 Å². The van der Waals surface area contributed by atoms with Crippen LogP contribution >= 0.6 is 11.3 Å². The highest BCUT2D eigenvalue weighted by molar-refractivity contribution is 7.15. The summed E-state index contributed by atoms with van der Waals surface area (Å²) < 4.78 is 5.45. The molecule has 0 aliphatic carbocycles. The molecule has 1 N–H and O–H groups in total. The highest BCUT2D eigenvalue weighted by atomic mass is 32.1. The normalized spacial score (nSPS) is 16.3. The molecule has 120 valence electrons. The van der Waals surface area contributed by atoms with Gasteiger partial charge in [-0.25, -0.2) is 4.98 Å². The summed E-state index contributed by atoms with van der Waals surface area (Å²) >= 11 is 1.86. The van der Waals surface area contributed by atoms with Crippen molar-refractivity contribution in [2.45, 2.75) is 46.1 Å². The van der Waals surface area contributed by atoms with Crippen molar-refractivity contribution in [2.75, 3.05) is 38.3 Å². The molecule has 0 atom stereocenters. The van der Waals surface area contributed by atoms with Crippen LogP contribution in [0.25, 0.3) is 0 Å². The van der Waals surface area contributed by atoms with Crippen LogP contribution in [-0.4, -0.2) is 38.3 Å². The van der Waals surface area contributed by atoms with Crippen molar-refractivity contribution in [1.82, 2.24) is 10.3 Å². The molecule has 1 saturated heterocycles. The summed E-state index contributed by atoms with van der Waals surface area (Å²) in [6.45, 7) is 9.28. The van der Waals surface area contributed by atoms with Crippen LogP contribution in [0.1, 0.15) is 43.7 Å². The maximum atomic E-state index is 5.45. The summed E-state index contributed by atoms with van der Waals surface area (Å²) in [6.07, 6.45) is 4.61. The van der Waals surface area contributed by atoms with Gasteiger partial charge in [-0.1, -0.05) is 20.3 Å². The molecule has 0 unspecified atom stereocenters. The zero-order valence-electron chi connectivity index (χ0n) is 13.7. The molecule has 1 aromatic rings. The van der Waals surface area contributed by atoms with Crippen molar-refractivity contribution >= 4 is 16.5 Å². The third-order valence-corrected chi connectivity index (χ3v) is 5.20. The van der Waals surface area contributed by atoms with E-state index in [-0.39, 0.29) is 0 Å². The van der Waals surface area contributed by atoms with Crippen molar-refractivity contribution in [1.29, 1.82) is 0 Å². The summed E-state index contributed by atoms with van der Waals surface area (Å²) in [5.74, 6) is 0.750. The van der Waals surface area contributed by atoms with Gasteiger partial charge in [-0.3, -0.25) is 0 Å². The van der Waals surface area contributed by atoms with E-state index in [2.05, 4.69) is 31.1 Å². The first kappa shape index (κ1) is 16.7. The Labute approximate surface area is 132 Å². The van der Waals surface area contributed by atoms with Crippen LogP contribution in [0.4, 0.5) is 5.13 Å². The van der Waals surface area contributed by atoms with Crippen molar-refractivity contribution in [2.24, 2.45) is 5.92 Å². The number of aromatic nitrogens is 1. The fraction of sp³-hybridized carbons (Fsp3) is 0.812. The topological polar surface area (TPSA) is 37.4 Å². The summed E-state index contributed by atoms with van der Waals surface area (Å²) in [5.41, 5.74) is 1.29. The lowest BCUT2D eigenvalue weighted by Gasteiger charge is -2.26. The zero-order valence-corrected chi connectivity index (χ0v) is 14.5. The second-order valence-corrected chi connectivity index (χ2v) is 6.89. The summed E-state index contributed by atoms with van der Waals surface area (Å²) in [4.78, 5) is 8.64. The van der Waals surface area contributed by atoms with Gasteiger partial charge in [-0.2, -0.15) is 0 Å². The molecule has 2 rings (SSSR count). The molecule has 1 aliphatic rings.